The second kappa shape index (κ2) is 13.6. The molecule has 0 unspecified atom stereocenters. The highest BCUT2D eigenvalue weighted by Crippen LogP contribution is 2.34. The van der Waals surface area contributed by atoms with Crippen molar-refractivity contribution in [3.63, 3.8) is 0 Å². The Balaban J connectivity index is 1.62. The molecule has 2 aliphatic rings. The molecule has 8 heteroatoms. The number of hydrogen-bond acceptors (Lipinski definition) is 6. The third-order valence-corrected chi connectivity index (χ3v) is 6.45. The smallest absolute Gasteiger partial charge is 0.407 e. The lowest BCUT2D eigenvalue weighted by Crippen LogP contribution is -2.44. The van der Waals surface area contributed by atoms with Crippen molar-refractivity contribution >= 4 is 12.0 Å². The van der Waals surface area contributed by atoms with Crippen LogP contribution < -0.4 is 14.8 Å². The lowest BCUT2D eigenvalue weighted by Gasteiger charge is -2.33. The van der Waals surface area contributed by atoms with Gasteiger partial charge in [-0.25, -0.2) is 4.79 Å². The second-order valence-electron chi connectivity index (χ2n) is 10.1. The summed E-state index contributed by atoms with van der Waals surface area (Å²) in [5.41, 5.74) is 0.995. The van der Waals surface area contributed by atoms with Gasteiger partial charge in [0.05, 0.1) is 20.3 Å². The molecule has 2 aliphatic carbocycles. The monoisotopic (exact) mass is 490 g/mol. The Morgan fingerprint density at radius 3 is 2.51 bits per heavy atom. The van der Waals surface area contributed by atoms with Crippen LogP contribution in [0.5, 0.6) is 11.5 Å². The van der Waals surface area contributed by atoms with Gasteiger partial charge in [-0.3, -0.25) is 4.79 Å². The Kier molecular flexibility index (Phi) is 10.5. The van der Waals surface area contributed by atoms with Crippen LogP contribution in [0.1, 0.15) is 64.4 Å². The summed E-state index contributed by atoms with van der Waals surface area (Å²) in [5.74, 6) is 1.84. The molecule has 8 nitrogen and oxygen atoms in total. The number of ether oxygens (including phenoxy) is 4. The van der Waals surface area contributed by atoms with Crippen molar-refractivity contribution in [2.45, 2.75) is 77.4 Å². The van der Waals surface area contributed by atoms with Crippen LogP contribution in [0.15, 0.2) is 18.2 Å². The molecule has 0 aliphatic heterocycles. The van der Waals surface area contributed by atoms with Crippen molar-refractivity contribution in [1.29, 1.82) is 0 Å². The minimum atomic E-state index is -0.384. The van der Waals surface area contributed by atoms with Crippen molar-refractivity contribution in [2.75, 3.05) is 34.0 Å². The molecule has 2 fully saturated rings. The zero-order valence-electron chi connectivity index (χ0n) is 21.7. The highest BCUT2D eigenvalue weighted by Gasteiger charge is 2.38. The molecule has 0 aromatic heterocycles. The lowest BCUT2D eigenvalue weighted by atomic mass is 9.84. The Hall–Kier alpha value is -2.48. The number of carbonyl (C=O) groups excluding carboxylic acids is 2. The summed E-state index contributed by atoms with van der Waals surface area (Å²) in [7, 11) is 3.31. The first kappa shape index (κ1) is 27.1. The van der Waals surface area contributed by atoms with Crippen molar-refractivity contribution in [1.82, 2.24) is 10.2 Å². The number of nitrogens with one attached hydrogen (secondary N) is 1. The summed E-state index contributed by atoms with van der Waals surface area (Å²) in [5, 5.41) is 2.97. The molecular formula is C27H42N2O6. The Morgan fingerprint density at radius 2 is 1.83 bits per heavy atom. The molecule has 35 heavy (non-hydrogen) atoms. The molecule has 0 spiro atoms. The Bertz CT molecular complexity index is 826. The summed E-state index contributed by atoms with van der Waals surface area (Å²) in [6, 6.07) is 6.09. The van der Waals surface area contributed by atoms with Crippen LogP contribution >= 0.6 is 0 Å². The molecule has 3 rings (SSSR count). The van der Waals surface area contributed by atoms with E-state index in [0.717, 1.165) is 49.8 Å². The SMILES string of the molecule is COCCCOc1cc(CN(C(=O)[C@@H]2CCC[C@H](NC(=O)OCC(C)C)C2)C2CC2)cc(OC)c1. The van der Waals surface area contributed by atoms with E-state index in [0.29, 0.717) is 44.5 Å². The van der Waals surface area contributed by atoms with Gasteiger partial charge in [-0.1, -0.05) is 20.3 Å². The number of carbonyl (C=O) groups is 2. The minimum absolute atomic E-state index is 0.0256. The summed E-state index contributed by atoms with van der Waals surface area (Å²) in [4.78, 5) is 27.8. The van der Waals surface area contributed by atoms with E-state index in [1.54, 1.807) is 14.2 Å². The van der Waals surface area contributed by atoms with Crippen LogP contribution in [0.25, 0.3) is 0 Å². The van der Waals surface area contributed by atoms with Gasteiger partial charge in [0.15, 0.2) is 0 Å². The molecule has 1 aromatic carbocycles. The first-order chi connectivity index (χ1) is 16.9. The van der Waals surface area contributed by atoms with Crippen LogP contribution in [-0.2, 0) is 20.8 Å². The van der Waals surface area contributed by atoms with Gasteiger partial charge < -0.3 is 29.2 Å². The highest BCUT2D eigenvalue weighted by molar-refractivity contribution is 5.80. The maximum Gasteiger partial charge on any atom is 0.407 e. The molecular weight excluding hydrogens is 448 g/mol. The van der Waals surface area contributed by atoms with E-state index >= 15 is 0 Å². The summed E-state index contributed by atoms with van der Waals surface area (Å²) < 4.78 is 21.7. The van der Waals surface area contributed by atoms with Gasteiger partial charge in [0.1, 0.15) is 11.5 Å². The van der Waals surface area contributed by atoms with Gasteiger partial charge in [0.2, 0.25) is 5.91 Å². The van der Waals surface area contributed by atoms with E-state index in [-0.39, 0.29) is 30.0 Å². The third-order valence-electron chi connectivity index (χ3n) is 6.45. The summed E-state index contributed by atoms with van der Waals surface area (Å²) >= 11 is 0. The van der Waals surface area contributed by atoms with Crippen LogP contribution in [0.3, 0.4) is 0 Å². The topological polar surface area (TPSA) is 86.3 Å². The van der Waals surface area contributed by atoms with Gasteiger partial charge in [0, 0.05) is 50.8 Å². The van der Waals surface area contributed by atoms with Crippen molar-refractivity contribution in [3.05, 3.63) is 23.8 Å². The normalized spacial score (nSPS) is 19.8. The van der Waals surface area contributed by atoms with Gasteiger partial charge in [-0.05, 0) is 55.7 Å². The number of methoxy groups -OCH3 is 2. The average molecular weight is 491 g/mol. The fourth-order valence-electron chi connectivity index (χ4n) is 4.52. The lowest BCUT2D eigenvalue weighted by molar-refractivity contribution is -0.138. The minimum Gasteiger partial charge on any atom is -0.497 e. The number of hydrogen-bond donors (Lipinski definition) is 1. The number of amides is 2. The Labute approximate surface area is 209 Å². The highest BCUT2D eigenvalue weighted by atomic mass is 16.5. The molecule has 0 saturated heterocycles. The van der Waals surface area contributed by atoms with Crippen molar-refractivity contribution in [3.8, 4) is 11.5 Å². The summed E-state index contributed by atoms with van der Waals surface area (Å²) in [6.45, 7) is 6.15. The van der Waals surface area contributed by atoms with E-state index in [1.165, 1.54) is 0 Å². The predicted molar refractivity (Wildman–Crippen MR) is 134 cm³/mol. The van der Waals surface area contributed by atoms with Gasteiger partial charge in [-0.2, -0.15) is 0 Å². The van der Waals surface area contributed by atoms with E-state index in [4.69, 9.17) is 18.9 Å². The number of alkyl carbamates (subject to hydrolysis) is 1. The molecule has 2 amide bonds. The fraction of sp³-hybridized carbons (Fsp3) is 0.704. The summed E-state index contributed by atoms with van der Waals surface area (Å²) in [6.07, 6.45) is 5.80. The molecule has 2 atom stereocenters. The predicted octanol–water partition coefficient (Wildman–Crippen LogP) is 4.54. The number of benzene rings is 1. The van der Waals surface area contributed by atoms with Crippen LogP contribution in [0, 0.1) is 11.8 Å². The van der Waals surface area contributed by atoms with Crippen LogP contribution in [-0.4, -0.2) is 63.0 Å². The quantitative estimate of drug-likeness (QED) is 0.409. The molecule has 2 saturated carbocycles. The van der Waals surface area contributed by atoms with E-state index in [1.807, 2.05) is 36.9 Å². The third kappa shape index (κ3) is 8.91. The first-order valence-electron chi connectivity index (χ1n) is 12.9. The van der Waals surface area contributed by atoms with Crippen molar-refractivity contribution < 1.29 is 28.5 Å². The maximum atomic E-state index is 13.6. The molecule has 0 radical (unpaired) electrons. The van der Waals surface area contributed by atoms with Gasteiger partial charge in [-0.15, -0.1) is 0 Å². The largest absolute Gasteiger partial charge is 0.497 e. The molecule has 0 bridgehead atoms. The standard InChI is InChI=1S/C27H42N2O6/c1-19(2)18-35-27(31)28-22-8-5-7-21(15-22)26(30)29(23-9-10-23)17-20-13-24(33-4)16-25(14-20)34-12-6-11-32-3/h13-14,16,19,21-23H,5-12,15,17-18H2,1-4H3,(H,28,31)/t21-,22+/m1/s1. The maximum absolute atomic E-state index is 13.6. The molecule has 1 aromatic rings. The average Bonchev–Trinajstić information content (AvgIpc) is 3.69. The molecule has 0 heterocycles. The van der Waals surface area contributed by atoms with Crippen molar-refractivity contribution in [2.24, 2.45) is 11.8 Å². The number of nitrogens with zero attached hydrogens (tertiary/aromatic N) is 1. The van der Waals surface area contributed by atoms with E-state index in [2.05, 4.69) is 5.32 Å². The molecule has 196 valence electrons. The van der Waals surface area contributed by atoms with E-state index in [9.17, 15) is 9.59 Å². The van der Waals surface area contributed by atoms with E-state index < -0.39 is 0 Å². The number of rotatable bonds is 13. The molecule has 1 N–H and O–H groups in total. The van der Waals surface area contributed by atoms with Gasteiger partial charge >= 0.3 is 6.09 Å². The second-order valence-corrected chi connectivity index (χ2v) is 10.1. The zero-order valence-corrected chi connectivity index (χ0v) is 21.7. The fourth-order valence-corrected chi connectivity index (χ4v) is 4.52. The van der Waals surface area contributed by atoms with Crippen LogP contribution in [0.4, 0.5) is 4.79 Å². The first-order valence-corrected chi connectivity index (χ1v) is 12.9. The van der Waals surface area contributed by atoms with Gasteiger partial charge in [0.25, 0.3) is 0 Å². The zero-order chi connectivity index (χ0) is 25.2. The van der Waals surface area contributed by atoms with Crippen LogP contribution in [0.2, 0.25) is 0 Å². The Morgan fingerprint density at radius 1 is 1.06 bits per heavy atom.